The topological polar surface area (TPSA) is 149 Å². The van der Waals surface area contributed by atoms with Gasteiger partial charge in [0.15, 0.2) is 0 Å². The number of carbonyl (C=O) groups is 1. The van der Waals surface area contributed by atoms with E-state index in [0.717, 1.165) is 31.2 Å². The van der Waals surface area contributed by atoms with E-state index in [1.54, 1.807) is 19.5 Å². The summed E-state index contributed by atoms with van der Waals surface area (Å²) in [5.41, 5.74) is 5.23. The van der Waals surface area contributed by atoms with Crippen molar-refractivity contribution in [1.82, 2.24) is 34.9 Å². The van der Waals surface area contributed by atoms with Gasteiger partial charge in [-0.1, -0.05) is 59.6 Å². The maximum absolute atomic E-state index is 11.5. The Balaban J connectivity index is 1.20. The summed E-state index contributed by atoms with van der Waals surface area (Å²) in [7, 11) is -0.152. The molecule has 1 amide bonds. The Labute approximate surface area is 295 Å². The van der Waals surface area contributed by atoms with Crippen LogP contribution in [0.5, 0.6) is 11.8 Å². The lowest BCUT2D eigenvalue weighted by Gasteiger charge is -2.38. The van der Waals surface area contributed by atoms with Crippen molar-refractivity contribution in [3.63, 3.8) is 0 Å². The molecule has 0 radical (unpaired) electrons. The van der Waals surface area contributed by atoms with Crippen LogP contribution in [0.4, 0.5) is 0 Å². The van der Waals surface area contributed by atoms with Gasteiger partial charge in [-0.25, -0.2) is 23.1 Å². The predicted octanol–water partition coefficient (Wildman–Crippen LogP) is 4.93. The molecule has 2 saturated heterocycles. The number of rotatable bonds is 13. The van der Waals surface area contributed by atoms with Gasteiger partial charge in [-0.2, -0.15) is 0 Å². The van der Waals surface area contributed by atoms with Gasteiger partial charge in [0, 0.05) is 60.4 Å². The van der Waals surface area contributed by atoms with E-state index < -0.39 is 10.0 Å². The zero-order valence-corrected chi connectivity index (χ0v) is 29.7. The smallest absolute Gasteiger partial charge is 0.237 e. The molecule has 6 rings (SSSR count). The second-order valence-corrected chi connectivity index (χ2v) is 14.8. The van der Waals surface area contributed by atoms with Gasteiger partial charge in [-0.15, -0.1) is 0 Å². The van der Waals surface area contributed by atoms with Crippen LogP contribution in [0.1, 0.15) is 37.1 Å². The monoisotopic (exact) mass is 725 g/mol. The lowest BCUT2D eigenvalue weighted by molar-refractivity contribution is -0.119. The van der Waals surface area contributed by atoms with Gasteiger partial charge in [0.2, 0.25) is 27.7 Å². The lowest BCUT2D eigenvalue weighted by atomic mass is 9.98. The number of benzene rings is 2. The molecule has 0 aliphatic carbocycles. The third-order valence-corrected chi connectivity index (χ3v) is 10.2. The van der Waals surface area contributed by atoms with Crippen LogP contribution >= 0.6 is 23.2 Å². The number of methoxy groups -OCH3 is 2. The third kappa shape index (κ3) is 8.13. The van der Waals surface area contributed by atoms with Crippen molar-refractivity contribution in [1.29, 1.82) is 0 Å². The van der Waals surface area contributed by atoms with Crippen LogP contribution < -0.4 is 19.5 Å². The van der Waals surface area contributed by atoms with E-state index >= 15 is 0 Å². The Bertz CT molecular complexity index is 1970. The molecule has 258 valence electrons. The van der Waals surface area contributed by atoms with E-state index in [4.69, 9.17) is 42.6 Å². The van der Waals surface area contributed by atoms with Gasteiger partial charge < -0.3 is 14.8 Å². The molecule has 0 unspecified atom stereocenters. The zero-order chi connectivity index (χ0) is 34.7. The standard InChI is InChI=1S/C34H37Cl2N7O5S/c1-47-33-26(12-4-7-20-13-14-30(44)39-20)37-15-27(40-33)24-10-5-8-22(31(24)35)23-9-6-11-25(32(23)36)28-16-38-29(34(41-28)48-2)19-43-17-21(18-43)42-49(3,45)46/h5-6,8-11,15-16,20-21,42H,4,7,12-14,17-19H2,1-3H3,(H,39,44)/t20-/m1/s1. The van der Waals surface area contributed by atoms with Crippen molar-refractivity contribution in [3.8, 4) is 45.4 Å². The molecule has 2 N–H and O–H groups in total. The summed E-state index contributed by atoms with van der Waals surface area (Å²) in [5, 5.41) is 3.91. The fourth-order valence-electron chi connectivity index (χ4n) is 6.23. The van der Waals surface area contributed by atoms with Crippen LogP contribution in [0.2, 0.25) is 10.0 Å². The van der Waals surface area contributed by atoms with E-state index in [9.17, 15) is 13.2 Å². The van der Waals surface area contributed by atoms with Gasteiger partial charge in [0.25, 0.3) is 0 Å². The van der Waals surface area contributed by atoms with Crippen LogP contribution in [0.3, 0.4) is 0 Å². The molecular formula is C34H37Cl2N7O5S. The van der Waals surface area contributed by atoms with Crippen molar-refractivity contribution in [2.45, 2.75) is 50.7 Å². The number of hydrogen-bond acceptors (Lipinski definition) is 10. The molecule has 2 fully saturated rings. The summed E-state index contributed by atoms with van der Waals surface area (Å²) in [5.74, 6) is 0.910. The minimum atomic E-state index is -3.26. The highest BCUT2D eigenvalue weighted by atomic mass is 35.5. The molecular weight excluding hydrogens is 689 g/mol. The molecule has 4 heterocycles. The van der Waals surface area contributed by atoms with Crippen LogP contribution in [0, 0.1) is 0 Å². The van der Waals surface area contributed by atoms with Crippen LogP contribution in [-0.4, -0.2) is 84.8 Å². The molecule has 2 aromatic carbocycles. The first-order chi connectivity index (χ1) is 23.5. The van der Waals surface area contributed by atoms with Crippen molar-refractivity contribution in [3.05, 3.63) is 70.2 Å². The summed E-state index contributed by atoms with van der Waals surface area (Å²) in [6, 6.07) is 11.4. The van der Waals surface area contributed by atoms with E-state index in [1.165, 1.54) is 7.11 Å². The van der Waals surface area contributed by atoms with Gasteiger partial charge in [0.05, 0.1) is 54.3 Å². The Morgan fingerprint density at radius 1 is 0.898 bits per heavy atom. The molecule has 12 nitrogen and oxygen atoms in total. The first kappa shape index (κ1) is 35.0. The van der Waals surface area contributed by atoms with Crippen molar-refractivity contribution >= 4 is 39.1 Å². The maximum Gasteiger partial charge on any atom is 0.237 e. The third-order valence-electron chi connectivity index (χ3n) is 8.61. The number of halogens is 2. The molecule has 2 aromatic heterocycles. The second-order valence-electron chi connectivity index (χ2n) is 12.2. The highest BCUT2D eigenvalue weighted by Gasteiger charge is 2.30. The number of aromatic nitrogens is 4. The first-order valence-electron chi connectivity index (χ1n) is 15.9. The quantitative estimate of drug-likeness (QED) is 0.194. The zero-order valence-electron chi connectivity index (χ0n) is 27.4. The molecule has 0 saturated carbocycles. The maximum atomic E-state index is 11.5. The summed E-state index contributed by atoms with van der Waals surface area (Å²) in [6.45, 7) is 1.60. The van der Waals surface area contributed by atoms with Gasteiger partial charge in [0.1, 0.15) is 11.4 Å². The Morgan fingerprint density at radius 2 is 1.45 bits per heavy atom. The largest absolute Gasteiger partial charge is 0.480 e. The first-order valence-corrected chi connectivity index (χ1v) is 18.5. The minimum Gasteiger partial charge on any atom is -0.480 e. The Hall–Kier alpha value is -3.88. The number of ether oxygens (including phenoxy) is 2. The van der Waals surface area contributed by atoms with Crippen LogP contribution in [0.15, 0.2) is 48.8 Å². The molecule has 49 heavy (non-hydrogen) atoms. The average Bonchev–Trinajstić information content (AvgIpc) is 3.48. The summed E-state index contributed by atoms with van der Waals surface area (Å²) < 4.78 is 36.8. The van der Waals surface area contributed by atoms with Crippen molar-refractivity contribution < 1.29 is 22.7 Å². The lowest BCUT2D eigenvalue weighted by Crippen LogP contribution is -2.58. The normalized spacial score (nSPS) is 16.8. The Kier molecular flexibility index (Phi) is 10.7. The van der Waals surface area contributed by atoms with E-state index in [0.29, 0.717) is 93.6 Å². The Morgan fingerprint density at radius 3 is 1.98 bits per heavy atom. The number of nitrogens with zero attached hydrogens (tertiary/aromatic N) is 5. The minimum absolute atomic E-state index is 0.114. The fourth-order valence-corrected chi connectivity index (χ4v) is 7.64. The number of amides is 1. The number of likely N-dealkylation sites (tertiary alicyclic amines) is 1. The molecule has 2 aliphatic rings. The van der Waals surface area contributed by atoms with Gasteiger partial charge >= 0.3 is 0 Å². The van der Waals surface area contributed by atoms with E-state index in [-0.39, 0.29) is 18.0 Å². The molecule has 4 aromatic rings. The second kappa shape index (κ2) is 14.9. The molecule has 0 spiro atoms. The highest BCUT2D eigenvalue weighted by Crippen LogP contribution is 2.42. The van der Waals surface area contributed by atoms with Crippen molar-refractivity contribution in [2.75, 3.05) is 33.6 Å². The van der Waals surface area contributed by atoms with Crippen LogP contribution in [-0.2, 0) is 27.8 Å². The molecule has 15 heteroatoms. The number of carbonyl (C=O) groups excluding carboxylic acids is 1. The number of nitrogens with one attached hydrogen (secondary N) is 2. The fraction of sp³-hybridized carbons (Fsp3) is 0.382. The highest BCUT2D eigenvalue weighted by molar-refractivity contribution is 7.88. The number of aryl methyl sites for hydroxylation is 1. The summed E-state index contributed by atoms with van der Waals surface area (Å²) in [4.78, 5) is 32.3. The van der Waals surface area contributed by atoms with Crippen LogP contribution in [0.25, 0.3) is 33.6 Å². The van der Waals surface area contributed by atoms with Gasteiger partial charge in [-0.3, -0.25) is 19.7 Å². The number of sulfonamides is 1. The predicted molar refractivity (Wildman–Crippen MR) is 188 cm³/mol. The molecule has 0 bridgehead atoms. The summed E-state index contributed by atoms with van der Waals surface area (Å²) in [6.07, 6.45) is 8.36. The SMILES string of the molecule is COc1nc(-c2cccc(-c3cccc(-c4cnc(CN5CC(NS(C)(=O)=O)C5)c(OC)n4)c3Cl)c2Cl)cnc1CCC[C@@H]1CCC(=O)N1. The molecule has 2 aliphatic heterocycles. The van der Waals surface area contributed by atoms with Crippen molar-refractivity contribution in [2.24, 2.45) is 0 Å². The van der Waals surface area contributed by atoms with E-state index in [1.807, 2.05) is 36.4 Å². The summed E-state index contributed by atoms with van der Waals surface area (Å²) >= 11 is 14.1. The van der Waals surface area contributed by atoms with Gasteiger partial charge in [-0.05, 0) is 25.7 Å². The number of hydrogen-bond donors (Lipinski definition) is 2. The molecule has 1 atom stereocenters. The van der Waals surface area contributed by atoms with E-state index in [2.05, 4.69) is 24.9 Å². The average molecular weight is 727 g/mol.